The lowest BCUT2D eigenvalue weighted by atomic mass is 10.0. The van der Waals surface area contributed by atoms with Crippen molar-refractivity contribution in [2.24, 2.45) is 0 Å². The van der Waals surface area contributed by atoms with Gasteiger partial charge in [-0.3, -0.25) is 9.78 Å². The average Bonchev–Trinajstić information content (AvgIpc) is 2.76. The number of carbonyl (C=O) groups excluding carboxylic acids is 1. The third-order valence-electron chi connectivity index (χ3n) is 4.67. The summed E-state index contributed by atoms with van der Waals surface area (Å²) in [4.78, 5) is 20.7. The van der Waals surface area contributed by atoms with Gasteiger partial charge in [-0.15, -0.1) is 0 Å². The molecule has 0 aliphatic carbocycles. The minimum absolute atomic E-state index is 0.0925. The number of alkyl halides is 3. The molecule has 0 fully saturated rings. The summed E-state index contributed by atoms with van der Waals surface area (Å²) in [6.07, 6.45) is -1.52. The van der Waals surface area contributed by atoms with Crippen LogP contribution in [0.4, 0.5) is 23.2 Å². The summed E-state index contributed by atoms with van der Waals surface area (Å²) in [6, 6.07) is 13.7. The molecular weight excluding hydrogens is 410 g/mol. The van der Waals surface area contributed by atoms with Crippen molar-refractivity contribution in [3.8, 4) is 11.3 Å². The van der Waals surface area contributed by atoms with E-state index in [0.717, 1.165) is 12.1 Å². The first kappa shape index (κ1) is 20.5. The fourth-order valence-electron chi connectivity index (χ4n) is 3.21. The van der Waals surface area contributed by atoms with Crippen LogP contribution in [0.15, 0.2) is 73.1 Å². The lowest BCUT2D eigenvalue weighted by Crippen LogP contribution is -2.15. The molecule has 4 rings (SSSR count). The molecule has 0 atom stereocenters. The first-order chi connectivity index (χ1) is 14.8. The van der Waals surface area contributed by atoms with Crippen LogP contribution >= 0.6 is 0 Å². The van der Waals surface area contributed by atoms with E-state index in [9.17, 15) is 22.4 Å². The Hall–Kier alpha value is -3.81. The standard InChI is InChI=1S/C23H15F4N3O/c24-19-8-6-15(12-21(31)29-17-5-2-10-28-13-17)22-18(19)7-9-20(30-22)14-3-1-4-16(11-14)23(25,26)27/h1-11,13H,12H2,(H,29,31). The van der Waals surface area contributed by atoms with Gasteiger partial charge in [0, 0.05) is 17.1 Å². The molecule has 1 N–H and O–H groups in total. The number of hydrogen-bond acceptors (Lipinski definition) is 3. The monoisotopic (exact) mass is 425 g/mol. The van der Waals surface area contributed by atoms with E-state index >= 15 is 0 Å². The number of amides is 1. The molecule has 0 aliphatic heterocycles. The van der Waals surface area contributed by atoms with Crippen molar-refractivity contribution in [3.05, 3.63) is 90.0 Å². The number of carbonyl (C=O) groups is 1. The maximum atomic E-state index is 14.3. The number of benzene rings is 2. The molecule has 0 spiro atoms. The zero-order chi connectivity index (χ0) is 22.0. The highest BCUT2D eigenvalue weighted by Crippen LogP contribution is 2.32. The lowest BCUT2D eigenvalue weighted by molar-refractivity contribution is -0.137. The van der Waals surface area contributed by atoms with E-state index in [2.05, 4.69) is 15.3 Å². The maximum absolute atomic E-state index is 14.3. The summed E-state index contributed by atoms with van der Waals surface area (Å²) >= 11 is 0. The van der Waals surface area contributed by atoms with Crippen LogP contribution in [0.1, 0.15) is 11.1 Å². The Morgan fingerprint density at radius 2 is 1.84 bits per heavy atom. The number of nitrogens with one attached hydrogen (secondary N) is 1. The molecule has 1 amide bonds. The molecule has 0 saturated heterocycles. The smallest absolute Gasteiger partial charge is 0.324 e. The van der Waals surface area contributed by atoms with Crippen molar-refractivity contribution in [1.82, 2.24) is 9.97 Å². The van der Waals surface area contributed by atoms with Crippen LogP contribution in [0.25, 0.3) is 22.2 Å². The van der Waals surface area contributed by atoms with Gasteiger partial charge in [0.25, 0.3) is 0 Å². The third kappa shape index (κ3) is 4.53. The summed E-state index contributed by atoms with van der Waals surface area (Å²) in [5, 5.41) is 2.87. The summed E-state index contributed by atoms with van der Waals surface area (Å²) in [5.74, 6) is -0.887. The number of pyridine rings is 2. The molecule has 0 unspecified atom stereocenters. The number of anilines is 1. The highest BCUT2D eigenvalue weighted by molar-refractivity contribution is 5.95. The molecule has 4 nitrogen and oxygen atoms in total. The van der Waals surface area contributed by atoms with Gasteiger partial charge in [-0.25, -0.2) is 9.37 Å². The van der Waals surface area contributed by atoms with Gasteiger partial charge in [-0.1, -0.05) is 18.2 Å². The maximum Gasteiger partial charge on any atom is 0.416 e. The van der Waals surface area contributed by atoms with Crippen molar-refractivity contribution in [2.75, 3.05) is 5.32 Å². The zero-order valence-corrected chi connectivity index (χ0v) is 15.9. The predicted molar refractivity (Wildman–Crippen MR) is 109 cm³/mol. The van der Waals surface area contributed by atoms with Gasteiger partial charge in [-0.2, -0.15) is 13.2 Å². The number of fused-ring (bicyclic) bond motifs is 1. The first-order valence-electron chi connectivity index (χ1n) is 9.27. The molecule has 8 heteroatoms. The molecule has 31 heavy (non-hydrogen) atoms. The summed E-state index contributed by atoms with van der Waals surface area (Å²) < 4.78 is 53.5. The van der Waals surface area contributed by atoms with Gasteiger partial charge in [0.1, 0.15) is 5.82 Å². The molecule has 2 heterocycles. The van der Waals surface area contributed by atoms with E-state index in [1.54, 1.807) is 18.3 Å². The Bertz CT molecular complexity index is 1260. The normalized spacial score (nSPS) is 11.5. The van der Waals surface area contributed by atoms with Gasteiger partial charge < -0.3 is 5.32 Å². The fourth-order valence-corrected chi connectivity index (χ4v) is 3.21. The van der Waals surface area contributed by atoms with E-state index in [1.165, 1.54) is 42.6 Å². The number of halogens is 4. The van der Waals surface area contributed by atoms with Crippen LogP contribution in [-0.2, 0) is 17.4 Å². The van der Waals surface area contributed by atoms with Gasteiger partial charge in [0.05, 0.1) is 35.1 Å². The molecule has 0 saturated carbocycles. The molecule has 156 valence electrons. The van der Waals surface area contributed by atoms with Crippen LogP contribution in [0.2, 0.25) is 0 Å². The van der Waals surface area contributed by atoms with E-state index in [0.29, 0.717) is 11.3 Å². The number of rotatable bonds is 4. The lowest BCUT2D eigenvalue weighted by Gasteiger charge is -2.11. The largest absolute Gasteiger partial charge is 0.416 e. The van der Waals surface area contributed by atoms with Crippen LogP contribution < -0.4 is 5.32 Å². The number of aromatic nitrogens is 2. The molecule has 0 aliphatic rings. The fraction of sp³-hybridized carbons (Fsp3) is 0.0870. The van der Waals surface area contributed by atoms with Crippen molar-refractivity contribution in [2.45, 2.75) is 12.6 Å². The van der Waals surface area contributed by atoms with Crippen molar-refractivity contribution < 1.29 is 22.4 Å². The third-order valence-corrected chi connectivity index (χ3v) is 4.67. The van der Waals surface area contributed by atoms with Crippen LogP contribution in [-0.4, -0.2) is 15.9 Å². The first-order valence-corrected chi connectivity index (χ1v) is 9.27. The molecule has 4 aromatic rings. The molecular formula is C23H15F4N3O. The second kappa shape index (κ2) is 8.14. The Morgan fingerprint density at radius 3 is 2.58 bits per heavy atom. The minimum Gasteiger partial charge on any atom is -0.324 e. The Labute approximate surface area is 174 Å². The zero-order valence-electron chi connectivity index (χ0n) is 15.9. The summed E-state index contributed by atoms with van der Waals surface area (Å²) in [6.45, 7) is 0. The second-order valence-electron chi connectivity index (χ2n) is 6.84. The molecule has 2 aromatic heterocycles. The van der Waals surface area contributed by atoms with Crippen molar-refractivity contribution in [3.63, 3.8) is 0 Å². The minimum atomic E-state index is -4.49. The average molecular weight is 425 g/mol. The summed E-state index contributed by atoms with van der Waals surface area (Å²) in [5.41, 5.74) is 0.867. The highest BCUT2D eigenvalue weighted by Gasteiger charge is 2.30. The van der Waals surface area contributed by atoms with Gasteiger partial charge >= 0.3 is 6.18 Å². The second-order valence-corrected chi connectivity index (χ2v) is 6.84. The Morgan fingerprint density at radius 1 is 1.00 bits per heavy atom. The highest BCUT2D eigenvalue weighted by atomic mass is 19.4. The quantitative estimate of drug-likeness (QED) is 0.431. The van der Waals surface area contributed by atoms with Crippen molar-refractivity contribution in [1.29, 1.82) is 0 Å². The topological polar surface area (TPSA) is 54.9 Å². The Kier molecular flexibility index (Phi) is 5.37. The summed E-state index contributed by atoms with van der Waals surface area (Å²) in [7, 11) is 0. The number of nitrogens with zero attached hydrogens (tertiary/aromatic N) is 2. The predicted octanol–water partition coefficient (Wildman–Crippen LogP) is 5.64. The van der Waals surface area contributed by atoms with E-state index in [-0.39, 0.29) is 34.5 Å². The van der Waals surface area contributed by atoms with E-state index in [4.69, 9.17) is 0 Å². The van der Waals surface area contributed by atoms with Gasteiger partial charge in [-0.05, 0) is 48.0 Å². The SMILES string of the molecule is O=C(Cc1ccc(F)c2ccc(-c3cccc(C(F)(F)F)c3)nc12)Nc1cccnc1. The number of hydrogen-bond donors (Lipinski definition) is 1. The molecule has 2 aromatic carbocycles. The van der Waals surface area contributed by atoms with Crippen molar-refractivity contribution >= 4 is 22.5 Å². The van der Waals surface area contributed by atoms with E-state index in [1.807, 2.05) is 0 Å². The van der Waals surface area contributed by atoms with Crippen LogP contribution in [0, 0.1) is 5.82 Å². The van der Waals surface area contributed by atoms with Gasteiger partial charge in [0.15, 0.2) is 0 Å². The van der Waals surface area contributed by atoms with E-state index < -0.39 is 17.6 Å². The van der Waals surface area contributed by atoms with Crippen LogP contribution in [0.3, 0.4) is 0 Å². The van der Waals surface area contributed by atoms with Crippen LogP contribution in [0.5, 0.6) is 0 Å². The molecule has 0 radical (unpaired) electrons. The van der Waals surface area contributed by atoms with Gasteiger partial charge in [0.2, 0.25) is 5.91 Å². The Balaban J connectivity index is 1.71. The molecule has 0 bridgehead atoms.